The topological polar surface area (TPSA) is 124 Å². The van der Waals surface area contributed by atoms with Crippen LogP contribution in [0.1, 0.15) is 10.4 Å². The molecule has 0 radical (unpaired) electrons. The second-order valence-corrected chi connectivity index (χ2v) is 8.41. The van der Waals surface area contributed by atoms with E-state index >= 15 is 0 Å². The quantitative estimate of drug-likeness (QED) is 0.233. The van der Waals surface area contributed by atoms with Gasteiger partial charge in [-0.2, -0.15) is 0 Å². The predicted octanol–water partition coefficient (Wildman–Crippen LogP) is 4.47. The van der Waals surface area contributed by atoms with Gasteiger partial charge in [-0.15, -0.1) is 0 Å². The van der Waals surface area contributed by atoms with Gasteiger partial charge in [0.05, 0.1) is 30.8 Å². The molecular weight excluding hydrogens is 478 g/mol. The van der Waals surface area contributed by atoms with E-state index in [1.807, 2.05) is 17.0 Å². The van der Waals surface area contributed by atoms with Gasteiger partial charge in [-0.25, -0.2) is 4.79 Å². The highest BCUT2D eigenvalue weighted by Crippen LogP contribution is 2.33. The Morgan fingerprint density at radius 3 is 2.57 bits per heavy atom. The molecule has 3 aromatic carbocycles. The highest BCUT2D eigenvalue weighted by molar-refractivity contribution is 6.05. The number of hydrogen-bond acceptors (Lipinski definition) is 8. The van der Waals surface area contributed by atoms with Crippen molar-refractivity contribution in [1.82, 2.24) is 0 Å². The summed E-state index contributed by atoms with van der Waals surface area (Å²) in [6, 6.07) is 18.2. The van der Waals surface area contributed by atoms with E-state index in [1.165, 1.54) is 13.2 Å². The number of morpholine rings is 1. The van der Waals surface area contributed by atoms with E-state index in [4.69, 9.17) is 13.9 Å². The molecule has 10 heteroatoms. The maximum atomic E-state index is 13.0. The van der Waals surface area contributed by atoms with E-state index < -0.39 is 16.5 Å². The summed E-state index contributed by atoms with van der Waals surface area (Å²) in [5.74, 6) is -0.161. The summed E-state index contributed by atoms with van der Waals surface area (Å²) >= 11 is 0. The van der Waals surface area contributed by atoms with Crippen molar-refractivity contribution in [3.8, 4) is 16.9 Å². The Hall–Kier alpha value is -4.70. The van der Waals surface area contributed by atoms with Crippen LogP contribution < -0.4 is 20.6 Å². The number of nitrogens with zero attached hydrogens (tertiary/aromatic N) is 2. The van der Waals surface area contributed by atoms with Crippen LogP contribution >= 0.6 is 0 Å². The van der Waals surface area contributed by atoms with Gasteiger partial charge in [0.1, 0.15) is 17.0 Å². The summed E-state index contributed by atoms with van der Waals surface area (Å²) < 4.78 is 16.3. The van der Waals surface area contributed by atoms with Crippen molar-refractivity contribution in [3.63, 3.8) is 0 Å². The van der Waals surface area contributed by atoms with E-state index in [0.717, 1.165) is 5.39 Å². The Bertz CT molecular complexity index is 1560. The van der Waals surface area contributed by atoms with Gasteiger partial charge in [0.25, 0.3) is 11.6 Å². The number of carbonyl (C=O) groups is 1. The summed E-state index contributed by atoms with van der Waals surface area (Å²) in [6.45, 7) is 2.04. The number of benzene rings is 3. The second kappa shape index (κ2) is 10.1. The number of hydrogen-bond donors (Lipinski definition) is 1. The van der Waals surface area contributed by atoms with Crippen molar-refractivity contribution in [2.75, 3.05) is 43.6 Å². The van der Waals surface area contributed by atoms with Gasteiger partial charge < -0.3 is 24.1 Å². The van der Waals surface area contributed by atoms with Crippen LogP contribution in [0.2, 0.25) is 0 Å². The van der Waals surface area contributed by atoms with E-state index in [-0.39, 0.29) is 11.3 Å². The number of fused-ring (bicyclic) bond motifs is 1. The fraction of sp³-hybridized carbons (Fsp3) is 0.185. The van der Waals surface area contributed by atoms with Gasteiger partial charge in [-0.1, -0.05) is 18.2 Å². The molecule has 1 saturated heterocycles. The van der Waals surface area contributed by atoms with Gasteiger partial charge in [-0.05, 0) is 36.4 Å². The smallest absolute Gasteiger partial charge is 0.344 e. The maximum Gasteiger partial charge on any atom is 0.344 e. The Labute approximate surface area is 211 Å². The first-order valence-corrected chi connectivity index (χ1v) is 11.6. The third kappa shape index (κ3) is 4.87. The van der Waals surface area contributed by atoms with Crippen LogP contribution in [0.15, 0.2) is 75.9 Å². The zero-order valence-corrected chi connectivity index (χ0v) is 19.9. The van der Waals surface area contributed by atoms with Gasteiger partial charge in [0.15, 0.2) is 0 Å². The highest BCUT2D eigenvalue weighted by atomic mass is 16.6. The average Bonchev–Trinajstić information content (AvgIpc) is 2.92. The number of methoxy groups -OCH3 is 1. The van der Waals surface area contributed by atoms with Crippen LogP contribution in [0.25, 0.3) is 22.1 Å². The second-order valence-electron chi connectivity index (χ2n) is 8.41. The zero-order chi connectivity index (χ0) is 25.9. The highest BCUT2D eigenvalue weighted by Gasteiger charge is 2.23. The fourth-order valence-electron chi connectivity index (χ4n) is 4.33. The van der Waals surface area contributed by atoms with Crippen molar-refractivity contribution in [1.29, 1.82) is 0 Å². The first-order chi connectivity index (χ1) is 17.9. The minimum atomic E-state index is -0.517. The van der Waals surface area contributed by atoms with Crippen molar-refractivity contribution < 1.29 is 23.6 Å². The fourth-order valence-corrected chi connectivity index (χ4v) is 4.33. The van der Waals surface area contributed by atoms with E-state index in [1.54, 1.807) is 48.5 Å². The first kappa shape index (κ1) is 24.0. The molecule has 1 aliphatic rings. The minimum absolute atomic E-state index is 0.141. The SMILES string of the molecule is COc1cc(NC(=O)c2ccc(N3CCOCC3)c([N+](=O)[O-])c2)ccc1-c1cc2ccccc2oc1=O. The maximum absolute atomic E-state index is 13.0. The molecule has 37 heavy (non-hydrogen) atoms. The van der Waals surface area contributed by atoms with Crippen molar-refractivity contribution in [2.45, 2.75) is 0 Å². The molecule has 1 fully saturated rings. The van der Waals surface area contributed by atoms with Gasteiger partial charge >= 0.3 is 5.63 Å². The Morgan fingerprint density at radius 1 is 1.03 bits per heavy atom. The van der Waals surface area contributed by atoms with Crippen molar-refractivity contribution in [2.24, 2.45) is 0 Å². The molecule has 10 nitrogen and oxygen atoms in total. The molecule has 5 rings (SSSR count). The van der Waals surface area contributed by atoms with Crippen molar-refractivity contribution in [3.05, 3.63) is 92.8 Å². The number of amides is 1. The standard InChI is InChI=1S/C27H23N3O7/c1-35-25-16-19(7-8-20(25)21-14-17-4-2-3-5-24(17)37-27(21)32)28-26(31)18-6-9-22(23(15-18)30(33)34)29-10-12-36-13-11-29/h2-9,14-16H,10-13H2,1H3,(H,28,31). The molecule has 1 N–H and O–H groups in total. The molecule has 0 saturated carbocycles. The Balaban J connectivity index is 1.42. The van der Waals surface area contributed by atoms with E-state index in [0.29, 0.717) is 60.1 Å². The number of para-hydroxylation sites is 1. The average molecular weight is 501 g/mol. The zero-order valence-electron chi connectivity index (χ0n) is 19.9. The normalized spacial score (nSPS) is 13.4. The summed E-state index contributed by atoms with van der Waals surface area (Å²) in [5, 5.41) is 15.2. The van der Waals surface area contributed by atoms with Crippen LogP contribution in [-0.4, -0.2) is 44.2 Å². The summed E-state index contributed by atoms with van der Waals surface area (Å²) in [7, 11) is 1.46. The molecule has 1 amide bonds. The van der Waals surface area contributed by atoms with Gasteiger partial charge in [-0.3, -0.25) is 14.9 Å². The molecule has 2 heterocycles. The molecular formula is C27H23N3O7. The number of anilines is 2. The lowest BCUT2D eigenvalue weighted by Gasteiger charge is -2.28. The Kier molecular flexibility index (Phi) is 6.57. The van der Waals surface area contributed by atoms with Gasteiger partial charge in [0.2, 0.25) is 0 Å². The minimum Gasteiger partial charge on any atom is -0.496 e. The third-order valence-corrected chi connectivity index (χ3v) is 6.18. The molecule has 0 aliphatic carbocycles. The van der Waals surface area contributed by atoms with Crippen LogP contribution in [0.4, 0.5) is 17.1 Å². The monoisotopic (exact) mass is 501 g/mol. The number of nitrogens with one attached hydrogen (secondary N) is 1. The number of nitro benzene ring substituents is 1. The molecule has 4 aromatic rings. The van der Waals surface area contributed by atoms with Crippen molar-refractivity contribution >= 4 is 33.9 Å². The molecule has 0 unspecified atom stereocenters. The lowest BCUT2D eigenvalue weighted by molar-refractivity contribution is -0.384. The molecule has 0 spiro atoms. The lowest BCUT2D eigenvalue weighted by Crippen LogP contribution is -2.36. The largest absolute Gasteiger partial charge is 0.496 e. The predicted molar refractivity (Wildman–Crippen MR) is 139 cm³/mol. The summed E-state index contributed by atoms with van der Waals surface area (Å²) in [4.78, 5) is 38.7. The number of rotatable bonds is 6. The van der Waals surface area contributed by atoms with Crippen LogP contribution in [0.3, 0.4) is 0 Å². The van der Waals surface area contributed by atoms with Crippen LogP contribution in [-0.2, 0) is 4.74 Å². The number of ether oxygens (including phenoxy) is 2. The van der Waals surface area contributed by atoms with Crippen LogP contribution in [0.5, 0.6) is 5.75 Å². The number of carbonyl (C=O) groups excluding carboxylic acids is 1. The summed E-state index contributed by atoms with van der Waals surface area (Å²) in [6.07, 6.45) is 0. The van der Waals surface area contributed by atoms with Gasteiger partial charge in [0, 0.05) is 47.4 Å². The van der Waals surface area contributed by atoms with E-state index in [2.05, 4.69) is 5.32 Å². The molecule has 0 atom stereocenters. The lowest BCUT2D eigenvalue weighted by atomic mass is 10.0. The number of nitro groups is 1. The molecule has 1 aromatic heterocycles. The Morgan fingerprint density at radius 2 is 1.81 bits per heavy atom. The summed E-state index contributed by atoms with van der Waals surface area (Å²) in [5.41, 5.74) is 1.63. The third-order valence-electron chi connectivity index (χ3n) is 6.18. The van der Waals surface area contributed by atoms with Crippen LogP contribution in [0, 0.1) is 10.1 Å². The molecule has 188 valence electrons. The first-order valence-electron chi connectivity index (χ1n) is 11.6. The molecule has 1 aliphatic heterocycles. The van der Waals surface area contributed by atoms with E-state index in [9.17, 15) is 19.7 Å². The molecule has 0 bridgehead atoms.